The Morgan fingerprint density at radius 3 is 2.56 bits per heavy atom. The smallest absolute Gasteiger partial charge is 0.258 e. The van der Waals surface area contributed by atoms with Crippen LogP contribution in [0.1, 0.15) is 21.6 Å². The summed E-state index contributed by atoms with van der Waals surface area (Å²) in [4.78, 5) is 29.6. The Hall–Kier alpha value is -3.12. The van der Waals surface area contributed by atoms with Crippen LogP contribution in [0.3, 0.4) is 0 Å². The molecule has 0 atom stereocenters. The molecule has 6 heteroatoms. The van der Waals surface area contributed by atoms with E-state index < -0.39 is 0 Å². The highest BCUT2D eigenvalue weighted by Gasteiger charge is 2.12. The molecule has 1 aromatic carbocycles. The van der Waals surface area contributed by atoms with Crippen LogP contribution < -0.4 is 10.1 Å². The highest BCUT2D eigenvalue weighted by molar-refractivity contribution is 7.15. The average Bonchev–Trinajstić information content (AvgIpc) is 3.12. The molecule has 5 nitrogen and oxygen atoms in total. The first kappa shape index (κ1) is 15.4. The molecular weight excluding hydrogens is 334 g/mol. The summed E-state index contributed by atoms with van der Waals surface area (Å²) in [6, 6.07) is 14.3. The lowest BCUT2D eigenvalue weighted by Gasteiger charge is -2.01. The largest absolute Gasteiger partial charge is 0.289 e. The van der Waals surface area contributed by atoms with E-state index in [4.69, 9.17) is 0 Å². The van der Waals surface area contributed by atoms with Crippen LogP contribution >= 0.6 is 11.3 Å². The van der Waals surface area contributed by atoms with Crippen LogP contribution in [0.25, 0.3) is 4.96 Å². The average molecular weight is 348 g/mol. The van der Waals surface area contributed by atoms with Gasteiger partial charge < -0.3 is 0 Å². The van der Waals surface area contributed by atoms with Gasteiger partial charge in [-0.15, -0.1) is 11.3 Å². The third-order valence-corrected chi connectivity index (χ3v) is 4.65. The van der Waals surface area contributed by atoms with Crippen LogP contribution in [-0.2, 0) is 6.54 Å². The highest BCUT2D eigenvalue weighted by Crippen LogP contribution is 2.09. The van der Waals surface area contributed by atoms with E-state index in [9.17, 15) is 9.59 Å². The molecule has 0 aliphatic carbocycles. The van der Waals surface area contributed by atoms with Gasteiger partial charge in [0.1, 0.15) is 5.69 Å². The number of hydrogen-bond donors (Lipinski definition) is 0. The maximum absolute atomic E-state index is 12.4. The first-order valence-electron chi connectivity index (χ1n) is 7.75. The number of aromatic nitrogens is 3. The number of carbonyl (C=O) groups is 1. The van der Waals surface area contributed by atoms with Crippen LogP contribution in [0.5, 0.6) is 0 Å². The van der Waals surface area contributed by atoms with Gasteiger partial charge >= 0.3 is 0 Å². The number of hydrogen-bond acceptors (Lipinski definition) is 4. The predicted molar refractivity (Wildman–Crippen MR) is 95.0 cm³/mol. The van der Waals surface area contributed by atoms with E-state index in [1.54, 1.807) is 30.5 Å². The van der Waals surface area contributed by atoms with Crippen LogP contribution in [0.4, 0.5) is 0 Å². The molecule has 4 rings (SSSR count). The minimum absolute atomic E-state index is 0.0101. The Morgan fingerprint density at radius 1 is 1.08 bits per heavy atom. The summed E-state index contributed by atoms with van der Waals surface area (Å²) >= 11 is 1.43. The molecule has 4 aromatic rings. The van der Waals surface area contributed by atoms with Crippen molar-refractivity contribution < 1.29 is 9.36 Å². The van der Waals surface area contributed by atoms with Gasteiger partial charge in [0.05, 0.1) is 0 Å². The molecule has 0 spiro atoms. The highest BCUT2D eigenvalue weighted by atomic mass is 32.1. The quantitative estimate of drug-likeness (QED) is 0.420. The van der Waals surface area contributed by atoms with E-state index in [2.05, 4.69) is 4.98 Å². The SMILES string of the molecule is O=C(c1ccccc1)c1cc[n+](Cc2cc(=O)n3ccsc3n2)cc1. The lowest BCUT2D eigenvalue weighted by atomic mass is 10.0. The molecule has 25 heavy (non-hydrogen) atoms. The number of rotatable bonds is 4. The van der Waals surface area contributed by atoms with Gasteiger partial charge in [0, 0.05) is 40.9 Å². The zero-order valence-electron chi connectivity index (χ0n) is 13.2. The van der Waals surface area contributed by atoms with E-state index in [-0.39, 0.29) is 11.3 Å². The Bertz CT molecular complexity index is 1100. The molecule has 122 valence electrons. The zero-order chi connectivity index (χ0) is 17.2. The second-order valence-electron chi connectivity index (χ2n) is 5.60. The fraction of sp³-hybridized carbons (Fsp3) is 0.0526. The molecule has 0 saturated heterocycles. The number of nitrogens with zero attached hydrogens (tertiary/aromatic N) is 3. The van der Waals surface area contributed by atoms with E-state index in [0.717, 1.165) is 0 Å². The van der Waals surface area contributed by atoms with E-state index >= 15 is 0 Å². The van der Waals surface area contributed by atoms with Crippen LogP contribution in [0, 0.1) is 0 Å². The van der Waals surface area contributed by atoms with Crippen LogP contribution in [-0.4, -0.2) is 15.2 Å². The van der Waals surface area contributed by atoms with Crippen molar-refractivity contribution in [2.75, 3.05) is 0 Å². The van der Waals surface area contributed by atoms with Crippen LogP contribution in [0.15, 0.2) is 77.3 Å². The maximum atomic E-state index is 12.4. The maximum Gasteiger partial charge on any atom is 0.258 e. The van der Waals surface area contributed by atoms with Gasteiger partial charge in [-0.05, 0) is 0 Å². The van der Waals surface area contributed by atoms with Crippen molar-refractivity contribution in [2.24, 2.45) is 0 Å². The second-order valence-corrected chi connectivity index (χ2v) is 6.47. The number of fused-ring (bicyclic) bond motifs is 1. The lowest BCUT2D eigenvalue weighted by molar-refractivity contribution is -0.688. The number of benzene rings is 1. The fourth-order valence-electron chi connectivity index (χ4n) is 2.63. The molecule has 0 saturated carbocycles. The van der Waals surface area contributed by atoms with Gasteiger partial charge in [0.25, 0.3) is 5.56 Å². The summed E-state index contributed by atoms with van der Waals surface area (Å²) < 4.78 is 3.42. The predicted octanol–water partition coefficient (Wildman–Crippen LogP) is 2.32. The van der Waals surface area contributed by atoms with Crippen molar-refractivity contribution >= 4 is 22.1 Å². The van der Waals surface area contributed by atoms with Gasteiger partial charge in [0.2, 0.25) is 0 Å². The third kappa shape index (κ3) is 3.12. The zero-order valence-corrected chi connectivity index (χ0v) is 14.0. The third-order valence-electron chi connectivity index (χ3n) is 3.89. The van der Waals surface area contributed by atoms with Gasteiger partial charge in [-0.3, -0.25) is 14.0 Å². The molecule has 0 amide bonds. The second kappa shape index (κ2) is 6.41. The Morgan fingerprint density at radius 2 is 1.80 bits per heavy atom. The first-order valence-corrected chi connectivity index (χ1v) is 8.63. The van der Waals surface area contributed by atoms with Gasteiger partial charge in [-0.25, -0.2) is 4.98 Å². The molecule has 0 aliphatic rings. The minimum Gasteiger partial charge on any atom is -0.289 e. The van der Waals surface area contributed by atoms with Crippen molar-refractivity contribution in [1.82, 2.24) is 9.38 Å². The van der Waals surface area contributed by atoms with Crippen molar-refractivity contribution in [1.29, 1.82) is 0 Å². The Kier molecular flexibility index (Phi) is 3.95. The molecule has 0 fully saturated rings. The number of ketones is 1. The number of pyridine rings is 1. The topological polar surface area (TPSA) is 55.3 Å². The summed E-state index contributed by atoms with van der Waals surface area (Å²) in [5, 5.41) is 1.84. The molecule has 3 aromatic heterocycles. The molecule has 0 unspecified atom stereocenters. The number of thiazole rings is 1. The van der Waals surface area contributed by atoms with Crippen molar-refractivity contribution in [2.45, 2.75) is 6.54 Å². The fourth-order valence-corrected chi connectivity index (χ4v) is 3.36. The van der Waals surface area contributed by atoms with E-state index in [0.29, 0.717) is 28.3 Å². The van der Waals surface area contributed by atoms with Crippen molar-refractivity contribution in [3.8, 4) is 0 Å². The molecule has 0 N–H and O–H groups in total. The van der Waals surface area contributed by atoms with E-state index in [1.165, 1.54) is 21.8 Å². The first-order chi connectivity index (χ1) is 12.2. The lowest BCUT2D eigenvalue weighted by Crippen LogP contribution is -2.34. The molecule has 0 bridgehead atoms. The summed E-state index contributed by atoms with van der Waals surface area (Å²) in [7, 11) is 0. The summed E-state index contributed by atoms with van der Waals surface area (Å²) in [5.74, 6) is -0.0101. The summed E-state index contributed by atoms with van der Waals surface area (Å²) in [6.07, 6.45) is 5.37. The molecule has 0 radical (unpaired) electrons. The molecule has 3 heterocycles. The summed E-state index contributed by atoms with van der Waals surface area (Å²) in [5.41, 5.74) is 1.90. The minimum atomic E-state index is -0.0854. The number of carbonyl (C=O) groups excluding carboxylic acids is 1. The van der Waals surface area contributed by atoms with Gasteiger partial charge in [-0.2, -0.15) is 4.57 Å². The van der Waals surface area contributed by atoms with Crippen molar-refractivity contribution in [3.63, 3.8) is 0 Å². The van der Waals surface area contributed by atoms with Crippen LogP contribution in [0.2, 0.25) is 0 Å². The van der Waals surface area contributed by atoms with Crippen molar-refractivity contribution in [3.05, 3.63) is 99.7 Å². The normalized spacial score (nSPS) is 10.9. The standard InChI is InChI=1S/C19H14N3O2S/c23-17-12-16(20-19-22(17)10-11-25-19)13-21-8-6-15(7-9-21)18(24)14-4-2-1-3-5-14/h1-12H,13H2/q+1. The van der Waals surface area contributed by atoms with E-state index in [1.807, 2.05) is 40.5 Å². The van der Waals surface area contributed by atoms with Gasteiger partial charge in [-0.1, -0.05) is 30.3 Å². The van der Waals surface area contributed by atoms with Gasteiger partial charge in [0.15, 0.2) is 29.7 Å². The Labute approximate surface area is 147 Å². The monoisotopic (exact) mass is 348 g/mol. The molecule has 0 aliphatic heterocycles. The summed E-state index contributed by atoms with van der Waals surface area (Å²) in [6.45, 7) is 0.476. The molecular formula is C19H14N3O2S+. The Balaban J connectivity index is 1.57.